The number of hydrogen-bond acceptors (Lipinski definition) is 6. The summed E-state index contributed by atoms with van der Waals surface area (Å²) in [5.74, 6) is -12.1. The maximum atomic E-state index is 14.8. The number of esters is 1. The Morgan fingerprint density at radius 1 is 0.884 bits per heavy atom. The quantitative estimate of drug-likeness (QED) is 0.0691. The van der Waals surface area contributed by atoms with E-state index in [2.05, 4.69) is 11.3 Å². The largest absolute Gasteiger partial charge is 0.494 e. The highest BCUT2D eigenvalue weighted by Crippen LogP contribution is 2.36. The van der Waals surface area contributed by atoms with Crippen molar-refractivity contribution in [3.05, 3.63) is 101 Å². The lowest BCUT2D eigenvalue weighted by molar-refractivity contribution is -0.189. The monoisotopic (exact) mass is 616 g/mol. The molecule has 0 spiro atoms. The maximum absolute atomic E-state index is 14.8. The third-order valence-corrected chi connectivity index (χ3v) is 6.11. The summed E-state index contributed by atoms with van der Waals surface area (Å²) in [4.78, 5) is 11.0. The van der Waals surface area contributed by atoms with Crippen molar-refractivity contribution in [1.29, 1.82) is 0 Å². The molecule has 1 heterocycles. The summed E-state index contributed by atoms with van der Waals surface area (Å²) in [7, 11) is -1.40. The molecule has 4 rings (SSSR count). The van der Waals surface area contributed by atoms with Crippen LogP contribution < -0.4 is 14.9 Å². The fraction of sp³-hybridized carbons (Fsp3) is 0.250. The molecule has 228 valence electrons. The van der Waals surface area contributed by atoms with Gasteiger partial charge in [0.05, 0.1) is 13.2 Å². The Bertz CT molecular complexity index is 1450. The van der Waals surface area contributed by atoms with Crippen LogP contribution in [0, 0.1) is 34.9 Å². The van der Waals surface area contributed by atoms with Gasteiger partial charge in [0, 0.05) is 49.8 Å². The van der Waals surface area contributed by atoms with E-state index >= 15 is 0 Å². The van der Waals surface area contributed by atoms with Gasteiger partial charge in [-0.1, -0.05) is 12.6 Å². The molecule has 0 aromatic heterocycles. The zero-order valence-corrected chi connectivity index (χ0v) is 22.0. The van der Waals surface area contributed by atoms with Gasteiger partial charge in [-0.15, -0.1) is 0 Å². The molecule has 0 saturated carbocycles. The van der Waals surface area contributed by atoms with E-state index < -0.39 is 71.3 Å². The van der Waals surface area contributed by atoms with Crippen LogP contribution in [0.3, 0.4) is 0 Å². The lowest BCUT2D eigenvalue weighted by Crippen LogP contribution is -2.44. The van der Waals surface area contributed by atoms with Crippen LogP contribution in [0.4, 0.5) is 35.1 Å². The number of ether oxygens (including phenoxy) is 3. The van der Waals surface area contributed by atoms with Crippen molar-refractivity contribution in [1.82, 2.24) is 0 Å². The van der Waals surface area contributed by atoms with E-state index in [9.17, 15) is 39.9 Å². The van der Waals surface area contributed by atoms with Crippen molar-refractivity contribution >= 4 is 18.6 Å². The number of carbonyl (C=O) groups excluding carboxylic acids is 1. The van der Waals surface area contributed by atoms with Crippen LogP contribution in [0.2, 0.25) is 0 Å². The van der Waals surface area contributed by atoms with Crippen LogP contribution in [-0.4, -0.2) is 39.5 Å². The smallest absolute Gasteiger partial charge is 0.493 e. The molecule has 6 nitrogen and oxygen atoms in total. The van der Waals surface area contributed by atoms with Crippen molar-refractivity contribution in [2.75, 3.05) is 26.4 Å². The number of carbonyl (C=O) groups is 1. The second-order valence-electron chi connectivity index (χ2n) is 9.13. The SMILES string of the molecule is C=CC(=O)OCCCOc1ccc(C2COB(c3cc(F)c(C(F)(F)Oc4cc(F)c(F)c(F)c4)c(F)c3)OC2)c(F)c1. The van der Waals surface area contributed by atoms with Crippen LogP contribution >= 0.6 is 0 Å². The molecule has 1 fully saturated rings. The minimum Gasteiger partial charge on any atom is -0.493 e. The maximum Gasteiger partial charge on any atom is 0.494 e. The lowest BCUT2D eigenvalue weighted by atomic mass is 9.76. The molecule has 43 heavy (non-hydrogen) atoms. The molecule has 3 aromatic rings. The van der Waals surface area contributed by atoms with Gasteiger partial charge in [0.1, 0.15) is 34.5 Å². The van der Waals surface area contributed by atoms with Gasteiger partial charge >= 0.3 is 19.2 Å². The summed E-state index contributed by atoms with van der Waals surface area (Å²) in [5.41, 5.74) is -2.00. The summed E-state index contributed by atoms with van der Waals surface area (Å²) < 4.78 is 138. The van der Waals surface area contributed by atoms with Gasteiger partial charge < -0.3 is 23.5 Å². The molecule has 15 heteroatoms. The van der Waals surface area contributed by atoms with E-state index in [0.717, 1.165) is 12.1 Å². The minimum absolute atomic E-state index is 0.0898. The Kier molecular flexibility index (Phi) is 9.96. The zero-order valence-electron chi connectivity index (χ0n) is 22.0. The standard InChI is InChI=1S/C28H21BF8O6/c1-2-25(38)40-7-3-6-39-17-4-5-19(20(30)10-17)15-13-41-29(42-14-15)16-8-21(31)26(22(32)9-16)28(36,37)43-18-11-23(33)27(35)24(34)12-18/h2,4-5,8-12,15H,1,3,6-7,13-14H2. The highest BCUT2D eigenvalue weighted by Gasteiger charge is 2.43. The third-order valence-electron chi connectivity index (χ3n) is 6.11. The van der Waals surface area contributed by atoms with Gasteiger partial charge in [-0.25, -0.2) is 31.1 Å². The second-order valence-corrected chi connectivity index (χ2v) is 9.13. The topological polar surface area (TPSA) is 63.2 Å². The van der Waals surface area contributed by atoms with Crippen molar-refractivity contribution in [3.63, 3.8) is 0 Å². The van der Waals surface area contributed by atoms with Crippen LogP contribution in [-0.2, 0) is 24.9 Å². The molecule has 3 aromatic carbocycles. The van der Waals surface area contributed by atoms with Gasteiger partial charge in [0.25, 0.3) is 0 Å². The Morgan fingerprint density at radius 3 is 2.07 bits per heavy atom. The Hall–Kier alpha value is -4.11. The number of hydrogen-bond donors (Lipinski definition) is 0. The van der Waals surface area contributed by atoms with Crippen LogP contribution in [0.5, 0.6) is 11.5 Å². The molecule has 0 unspecified atom stereocenters. The number of benzene rings is 3. The average Bonchev–Trinajstić information content (AvgIpc) is 2.95. The van der Waals surface area contributed by atoms with E-state index in [4.69, 9.17) is 18.8 Å². The summed E-state index contributed by atoms with van der Waals surface area (Å²) in [6, 6.07) is 5.25. The number of rotatable bonds is 11. The lowest BCUT2D eigenvalue weighted by Gasteiger charge is -2.28. The molecule has 0 N–H and O–H groups in total. The van der Waals surface area contributed by atoms with Crippen molar-refractivity contribution in [2.24, 2.45) is 0 Å². The molecule has 0 aliphatic carbocycles. The molecule has 1 aliphatic rings. The Balaban J connectivity index is 1.37. The molecule has 0 amide bonds. The van der Waals surface area contributed by atoms with Gasteiger partial charge in [-0.05, 0) is 29.2 Å². The number of halogens is 8. The van der Waals surface area contributed by atoms with Crippen LogP contribution in [0.15, 0.2) is 55.1 Å². The number of alkyl halides is 2. The Morgan fingerprint density at radius 2 is 1.49 bits per heavy atom. The van der Waals surface area contributed by atoms with Crippen LogP contribution in [0.25, 0.3) is 0 Å². The van der Waals surface area contributed by atoms with E-state index in [1.165, 1.54) is 12.1 Å². The summed E-state index contributed by atoms with van der Waals surface area (Å²) in [6.45, 7) is 3.18. The second kappa shape index (κ2) is 13.5. The highest BCUT2D eigenvalue weighted by molar-refractivity contribution is 6.61. The molecule has 0 radical (unpaired) electrons. The fourth-order valence-electron chi connectivity index (χ4n) is 4.08. The Labute approximate surface area is 239 Å². The highest BCUT2D eigenvalue weighted by atomic mass is 19.3. The fourth-order valence-corrected chi connectivity index (χ4v) is 4.08. The van der Waals surface area contributed by atoms with E-state index in [0.29, 0.717) is 18.6 Å². The molecule has 0 atom stereocenters. The predicted octanol–water partition coefficient (Wildman–Crippen LogP) is 5.67. The van der Waals surface area contributed by atoms with Crippen molar-refractivity contribution in [2.45, 2.75) is 18.4 Å². The normalized spacial score (nSPS) is 14.0. The van der Waals surface area contributed by atoms with Crippen molar-refractivity contribution < 1.29 is 63.4 Å². The summed E-state index contributed by atoms with van der Waals surface area (Å²) >= 11 is 0. The zero-order chi connectivity index (χ0) is 31.3. The van der Waals surface area contributed by atoms with Gasteiger partial charge in [0.15, 0.2) is 17.5 Å². The van der Waals surface area contributed by atoms with Crippen LogP contribution in [0.1, 0.15) is 23.5 Å². The van der Waals surface area contributed by atoms with Gasteiger partial charge in [-0.2, -0.15) is 8.78 Å². The van der Waals surface area contributed by atoms with E-state index in [-0.39, 0.29) is 55.3 Å². The van der Waals surface area contributed by atoms with E-state index in [1.807, 2.05) is 0 Å². The summed E-state index contributed by atoms with van der Waals surface area (Å²) in [6.07, 6.45) is -3.38. The van der Waals surface area contributed by atoms with E-state index in [1.54, 1.807) is 0 Å². The predicted molar refractivity (Wildman–Crippen MR) is 135 cm³/mol. The molecular weight excluding hydrogens is 595 g/mol. The van der Waals surface area contributed by atoms with Crippen molar-refractivity contribution in [3.8, 4) is 11.5 Å². The molecular formula is C28H21BF8O6. The summed E-state index contributed by atoms with van der Waals surface area (Å²) in [5, 5.41) is 0. The first kappa shape index (κ1) is 31.8. The average molecular weight is 616 g/mol. The first-order valence-electron chi connectivity index (χ1n) is 12.5. The van der Waals surface area contributed by atoms with Gasteiger partial charge in [0.2, 0.25) is 0 Å². The first-order valence-corrected chi connectivity index (χ1v) is 12.5. The third kappa shape index (κ3) is 7.65. The molecule has 1 saturated heterocycles. The first-order chi connectivity index (χ1) is 20.4. The molecule has 0 bridgehead atoms. The molecule has 1 aliphatic heterocycles. The van der Waals surface area contributed by atoms with Gasteiger partial charge in [-0.3, -0.25) is 0 Å². The minimum atomic E-state index is -4.76.